The number of allylic oxidation sites excluding steroid dienone is 4. The highest BCUT2D eigenvalue weighted by Crippen LogP contribution is 2.50. The van der Waals surface area contributed by atoms with Crippen LogP contribution in [-0.4, -0.2) is 34.1 Å². The monoisotopic (exact) mass is 562 g/mol. The maximum Gasteiger partial charge on any atom is 0.416 e. The van der Waals surface area contributed by atoms with Crippen LogP contribution in [0.2, 0.25) is 5.02 Å². The van der Waals surface area contributed by atoms with Crippen molar-refractivity contribution in [1.82, 2.24) is 4.90 Å². The summed E-state index contributed by atoms with van der Waals surface area (Å²) in [5.41, 5.74) is 2.25. The minimum absolute atomic E-state index is 0.0379. The Kier molecular flexibility index (Phi) is 6.90. The number of carbonyl (C=O) groups excluding carboxylic acids is 1. The van der Waals surface area contributed by atoms with E-state index in [4.69, 9.17) is 23.2 Å². The van der Waals surface area contributed by atoms with E-state index in [2.05, 4.69) is 4.99 Å². The van der Waals surface area contributed by atoms with E-state index in [0.29, 0.717) is 45.2 Å². The summed E-state index contributed by atoms with van der Waals surface area (Å²) < 4.78 is 41.1. The van der Waals surface area contributed by atoms with E-state index in [1.165, 1.54) is 6.07 Å². The number of carbonyl (C=O) groups is 2. The molecule has 0 radical (unpaired) electrons. The van der Waals surface area contributed by atoms with Gasteiger partial charge in [0.05, 0.1) is 33.4 Å². The van der Waals surface area contributed by atoms with Crippen LogP contribution in [0.5, 0.6) is 0 Å². The number of carboxylic acid groups (broad SMARTS) is 1. The molecular weight excluding hydrogens is 540 g/mol. The zero-order chi connectivity index (χ0) is 27.4. The lowest BCUT2D eigenvalue weighted by molar-refractivity contribution is -0.138. The van der Waals surface area contributed by atoms with Gasteiger partial charge < -0.3 is 10.0 Å². The number of hydrogen-bond donors (Lipinski definition) is 1. The molecule has 2 aliphatic carbocycles. The maximum absolute atomic E-state index is 13.7. The summed E-state index contributed by atoms with van der Waals surface area (Å²) in [6.07, 6.45) is -1.69. The molecule has 0 saturated heterocycles. The van der Waals surface area contributed by atoms with Gasteiger partial charge in [-0.15, -0.1) is 0 Å². The van der Waals surface area contributed by atoms with Crippen molar-refractivity contribution >= 4 is 57.6 Å². The Labute approximate surface area is 227 Å². The average Bonchev–Trinajstić information content (AvgIpc) is 3.62. The van der Waals surface area contributed by atoms with Crippen LogP contribution >= 0.6 is 23.2 Å². The summed E-state index contributed by atoms with van der Waals surface area (Å²) in [6.45, 7) is 2.08. The first-order valence-corrected chi connectivity index (χ1v) is 13.0. The molecular formula is C28H23Cl2F3N2O3. The van der Waals surface area contributed by atoms with Gasteiger partial charge in [0.15, 0.2) is 0 Å². The standard InChI is InChI=1S/C28H23Cl2F3N2O3/c1-2-35(27(38)14-6-7-14)13-16-10-17(28(31,32)33)8-9-18(16)19-11-15(12-22(36)37)26-24(25(19)30)23-20(29)4-3-5-21(23)34-26/h3-5,8-11,14-15H,2,6-7,12-13H2,1H3,(H,36,37). The fraction of sp³-hybridized carbons (Fsp3) is 0.321. The lowest BCUT2D eigenvalue weighted by atomic mass is 9.81. The molecule has 5 rings (SSSR count). The van der Waals surface area contributed by atoms with E-state index in [0.717, 1.165) is 25.0 Å². The van der Waals surface area contributed by atoms with Crippen molar-refractivity contribution in [2.75, 3.05) is 6.54 Å². The fourth-order valence-corrected chi connectivity index (χ4v) is 5.62. The van der Waals surface area contributed by atoms with Crippen LogP contribution < -0.4 is 0 Å². The molecule has 1 aliphatic heterocycles. The molecule has 1 saturated carbocycles. The molecule has 1 heterocycles. The molecule has 3 aliphatic rings. The number of alkyl halides is 3. The minimum Gasteiger partial charge on any atom is -0.481 e. The Bertz CT molecular complexity index is 1440. The number of carboxylic acids is 1. The van der Waals surface area contributed by atoms with Gasteiger partial charge in [-0.25, -0.2) is 0 Å². The SMILES string of the molecule is CCN(Cc1cc(C(F)(F)F)ccc1C1=CC(CC(=O)O)C2=Nc3cccc(Cl)c3C2=C1Cl)C(=O)C1CC1. The van der Waals surface area contributed by atoms with Crippen LogP contribution in [0.4, 0.5) is 18.9 Å². The molecule has 1 unspecified atom stereocenters. The van der Waals surface area contributed by atoms with Gasteiger partial charge in [0, 0.05) is 36.1 Å². The third-order valence-corrected chi connectivity index (χ3v) is 7.72. The lowest BCUT2D eigenvalue weighted by Crippen LogP contribution is -2.32. The van der Waals surface area contributed by atoms with Crippen LogP contribution in [0.25, 0.3) is 11.1 Å². The molecule has 0 aromatic heterocycles. The molecule has 0 bridgehead atoms. The van der Waals surface area contributed by atoms with Crippen molar-refractivity contribution in [3.8, 4) is 0 Å². The second-order valence-electron chi connectivity index (χ2n) is 9.60. The second kappa shape index (κ2) is 9.89. The average molecular weight is 563 g/mol. The smallest absolute Gasteiger partial charge is 0.416 e. The molecule has 2 aromatic rings. The van der Waals surface area contributed by atoms with Crippen molar-refractivity contribution in [1.29, 1.82) is 0 Å². The Morgan fingerprint density at radius 3 is 2.53 bits per heavy atom. The van der Waals surface area contributed by atoms with Crippen molar-refractivity contribution in [2.24, 2.45) is 16.8 Å². The summed E-state index contributed by atoms with van der Waals surface area (Å²) in [4.78, 5) is 30.7. The first-order chi connectivity index (χ1) is 18.0. The summed E-state index contributed by atoms with van der Waals surface area (Å²) in [5, 5.41) is 10.2. The number of halogens is 5. The molecule has 2 aromatic carbocycles. The van der Waals surface area contributed by atoms with Gasteiger partial charge in [0.2, 0.25) is 5.91 Å². The quantitative estimate of drug-likeness (QED) is 0.383. The van der Waals surface area contributed by atoms with Gasteiger partial charge in [-0.1, -0.05) is 41.4 Å². The van der Waals surface area contributed by atoms with Crippen molar-refractivity contribution in [2.45, 2.75) is 38.9 Å². The summed E-state index contributed by atoms with van der Waals surface area (Å²) >= 11 is 13.4. The van der Waals surface area contributed by atoms with Crippen molar-refractivity contribution < 1.29 is 27.9 Å². The number of amides is 1. The number of fused-ring (bicyclic) bond motifs is 3. The number of aliphatic imine (C=N–C) groups is 1. The van der Waals surface area contributed by atoms with Crippen LogP contribution in [-0.2, 0) is 22.3 Å². The van der Waals surface area contributed by atoms with Crippen LogP contribution in [0.3, 0.4) is 0 Å². The predicted molar refractivity (Wildman–Crippen MR) is 140 cm³/mol. The summed E-state index contributed by atoms with van der Waals surface area (Å²) in [7, 11) is 0. The number of hydrogen-bond acceptors (Lipinski definition) is 3. The van der Waals surface area contributed by atoms with Crippen molar-refractivity contribution in [3.63, 3.8) is 0 Å². The minimum atomic E-state index is -4.59. The van der Waals surface area contributed by atoms with Gasteiger partial charge in [-0.3, -0.25) is 14.6 Å². The van der Waals surface area contributed by atoms with Gasteiger partial charge in [0.1, 0.15) is 0 Å². The third kappa shape index (κ3) is 4.87. The topological polar surface area (TPSA) is 70.0 Å². The van der Waals surface area contributed by atoms with Gasteiger partial charge >= 0.3 is 12.1 Å². The molecule has 1 amide bonds. The third-order valence-electron chi connectivity index (χ3n) is 7.01. The number of nitrogens with zero attached hydrogens (tertiary/aromatic N) is 2. The molecule has 5 nitrogen and oxygen atoms in total. The largest absolute Gasteiger partial charge is 0.481 e. The molecule has 38 heavy (non-hydrogen) atoms. The van der Waals surface area contributed by atoms with E-state index < -0.39 is 23.6 Å². The fourth-order valence-electron chi connectivity index (χ4n) is 5.00. The molecule has 198 valence electrons. The van der Waals surface area contributed by atoms with Crippen LogP contribution in [0.1, 0.15) is 48.4 Å². The Morgan fingerprint density at radius 1 is 1.16 bits per heavy atom. The van der Waals surface area contributed by atoms with Crippen molar-refractivity contribution in [3.05, 3.63) is 74.8 Å². The zero-order valence-corrected chi connectivity index (χ0v) is 21.8. The van der Waals surface area contributed by atoms with Crippen LogP contribution in [0.15, 0.2) is 52.5 Å². The Hall–Kier alpha value is -3.10. The van der Waals surface area contributed by atoms with E-state index in [1.54, 1.807) is 36.1 Å². The normalized spacial score (nSPS) is 18.5. The highest BCUT2D eigenvalue weighted by Gasteiger charge is 2.38. The predicted octanol–water partition coefficient (Wildman–Crippen LogP) is 7.34. The van der Waals surface area contributed by atoms with Crippen LogP contribution in [0, 0.1) is 11.8 Å². The number of aliphatic carboxylic acids is 1. The Morgan fingerprint density at radius 2 is 1.89 bits per heavy atom. The van der Waals surface area contributed by atoms with E-state index >= 15 is 0 Å². The molecule has 10 heteroatoms. The second-order valence-corrected chi connectivity index (χ2v) is 10.4. The molecule has 1 atom stereocenters. The summed E-state index contributed by atoms with van der Waals surface area (Å²) in [6, 6.07) is 8.49. The number of benzene rings is 2. The maximum atomic E-state index is 13.7. The first-order valence-electron chi connectivity index (χ1n) is 12.2. The molecule has 1 fully saturated rings. The molecule has 0 spiro atoms. The first kappa shape index (κ1) is 26.5. The Balaban J connectivity index is 1.67. The lowest BCUT2D eigenvalue weighted by Gasteiger charge is -2.27. The van der Waals surface area contributed by atoms with E-state index in [9.17, 15) is 27.9 Å². The highest BCUT2D eigenvalue weighted by molar-refractivity contribution is 6.51. The summed E-state index contributed by atoms with van der Waals surface area (Å²) in [5.74, 6) is -1.94. The van der Waals surface area contributed by atoms with Gasteiger partial charge in [0.25, 0.3) is 0 Å². The highest BCUT2D eigenvalue weighted by atomic mass is 35.5. The van der Waals surface area contributed by atoms with E-state index in [1.807, 2.05) is 0 Å². The number of rotatable bonds is 7. The zero-order valence-electron chi connectivity index (χ0n) is 20.3. The molecule has 1 N–H and O–H groups in total. The van der Waals surface area contributed by atoms with Gasteiger partial charge in [-0.2, -0.15) is 13.2 Å². The van der Waals surface area contributed by atoms with Gasteiger partial charge in [-0.05, 0) is 60.7 Å². The van der Waals surface area contributed by atoms with E-state index in [-0.39, 0.29) is 35.4 Å².